The molecule has 6 heteroatoms. The SMILES string of the molecule is CC(NC(=O)c1cccs1)C(=O)N(Cc1ccccc1F)C1CC1. The molecule has 1 fully saturated rings. The highest BCUT2D eigenvalue weighted by Gasteiger charge is 2.35. The van der Waals surface area contributed by atoms with Crippen molar-refractivity contribution in [2.75, 3.05) is 0 Å². The first-order valence-corrected chi connectivity index (χ1v) is 8.82. The van der Waals surface area contributed by atoms with Gasteiger partial charge in [0.05, 0.1) is 4.88 Å². The first-order chi connectivity index (χ1) is 11.6. The lowest BCUT2D eigenvalue weighted by Gasteiger charge is -2.26. The fourth-order valence-corrected chi connectivity index (χ4v) is 3.20. The fourth-order valence-electron chi connectivity index (χ4n) is 2.57. The van der Waals surface area contributed by atoms with Crippen LogP contribution in [0.4, 0.5) is 4.39 Å². The van der Waals surface area contributed by atoms with E-state index in [4.69, 9.17) is 0 Å². The quantitative estimate of drug-likeness (QED) is 0.873. The summed E-state index contributed by atoms with van der Waals surface area (Å²) in [5, 5.41) is 4.55. The second-order valence-electron chi connectivity index (χ2n) is 5.96. The van der Waals surface area contributed by atoms with Gasteiger partial charge in [0.1, 0.15) is 11.9 Å². The maximum atomic E-state index is 13.9. The van der Waals surface area contributed by atoms with Gasteiger partial charge in [-0.05, 0) is 37.3 Å². The lowest BCUT2D eigenvalue weighted by molar-refractivity contribution is -0.134. The van der Waals surface area contributed by atoms with Crippen molar-refractivity contribution in [2.45, 2.75) is 38.4 Å². The molecule has 1 heterocycles. The standard InChI is InChI=1S/C18H19FN2O2S/c1-12(20-17(22)16-7-4-10-24-16)18(23)21(14-8-9-14)11-13-5-2-3-6-15(13)19/h2-7,10,12,14H,8-9,11H2,1H3,(H,20,22). The number of hydrogen-bond acceptors (Lipinski definition) is 3. The van der Waals surface area contributed by atoms with Crippen molar-refractivity contribution in [2.24, 2.45) is 0 Å². The molecular formula is C18H19FN2O2S. The summed E-state index contributed by atoms with van der Waals surface area (Å²) < 4.78 is 13.9. The third-order valence-electron chi connectivity index (χ3n) is 4.03. The number of halogens is 1. The van der Waals surface area contributed by atoms with Gasteiger partial charge in [-0.2, -0.15) is 0 Å². The van der Waals surface area contributed by atoms with Gasteiger partial charge < -0.3 is 10.2 Å². The van der Waals surface area contributed by atoms with Crippen molar-refractivity contribution in [3.05, 3.63) is 58.0 Å². The van der Waals surface area contributed by atoms with E-state index in [0.717, 1.165) is 12.8 Å². The van der Waals surface area contributed by atoms with Crippen LogP contribution in [-0.4, -0.2) is 28.8 Å². The minimum absolute atomic E-state index is 0.137. The summed E-state index contributed by atoms with van der Waals surface area (Å²) in [7, 11) is 0. The topological polar surface area (TPSA) is 49.4 Å². The number of thiophene rings is 1. The van der Waals surface area contributed by atoms with Crippen LogP contribution in [0.3, 0.4) is 0 Å². The molecule has 0 spiro atoms. The van der Waals surface area contributed by atoms with Gasteiger partial charge in [0.15, 0.2) is 0 Å². The third-order valence-corrected chi connectivity index (χ3v) is 4.90. The lowest BCUT2D eigenvalue weighted by atomic mass is 10.1. The van der Waals surface area contributed by atoms with E-state index < -0.39 is 6.04 Å². The predicted octanol–water partition coefficient (Wildman–Crippen LogP) is 3.20. The minimum atomic E-state index is -0.646. The van der Waals surface area contributed by atoms with Crippen LogP contribution < -0.4 is 5.32 Å². The maximum Gasteiger partial charge on any atom is 0.261 e. The van der Waals surface area contributed by atoms with Gasteiger partial charge in [-0.25, -0.2) is 4.39 Å². The van der Waals surface area contributed by atoms with E-state index in [9.17, 15) is 14.0 Å². The van der Waals surface area contributed by atoms with Crippen LogP contribution in [0.2, 0.25) is 0 Å². The molecule has 2 amide bonds. The molecule has 126 valence electrons. The molecule has 0 bridgehead atoms. The second-order valence-corrected chi connectivity index (χ2v) is 6.91. The summed E-state index contributed by atoms with van der Waals surface area (Å²) in [4.78, 5) is 27.1. The third kappa shape index (κ3) is 3.82. The summed E-state index contributed by atoms with van der Waals surface area (Å²) in [5.74, 6) is -0.746. The molecule has 1 aromatic heterocycles. The summed E-state index contributed by atoms with van der Waals surface area (Å²) in [6.07, 6.45) is 1.84. The molecule has 1 aliphatic rings. The smallest absolute Gasteiger partial charge is 0.261 e. The molecule has 2 aromatic rings. The van der Waals surface area contributed by atoms with Gasteiger partial charge in [0.2, 0.25) is 5.91 Å². The van der Waals surface area contributed by atoms with Crippen molar-refractivity contribution in [3.8, 4) is 0 Å². The van der Waals surface area contributed by atoms with E-state index in [-0.39, 0.29) is 30.2 Å². The summed E-state index contributed by atoms with van der Waals surface area (Å²) in [6, 6.07) is 9.47. The Hall–Kier alpha value is -2.21. The molecule has 24 heavy (non-hydrogen) atoms. The number of rotatable bonds is 6. The van der Waals surface area contributed by atoms with Gasteiger partial charge >= 0.3 is 0 Å². The highest BCUT2D eigenvalue weighted by Crippen LogP contribution is 2.29. The van der Waals surface area contributed by atoms with E-state index in [2.05, 4.69) is 5.32 Å². The van der Waals surface area contributed by atoms with Crippen LogP contribution >= 0.6 is 11.3 Å². The average molecular weight is 346 g/mol. The molecule has 1 unspecified atom stereocenters. The van der Waals surface area contributed by atoms with Crippen LogP contribution in [0.1, 0.15) is 35.0 Å². The van der Waals surface area contributed by atoms with E-state index in [1.807, 2.05) is 5.38 Å². The Bertz CT molecular complexity index is 728. The molecule has 1 atom stereocenters. The van der Waals surface area contributed by atoms with E-state index in [0.29, 0.717) is 10.4 Å². The number of benzene rings is 1. The number of carbonyl (C=O) groups is 2. The number of hydrogen-bond donors (Lipinski definition) is 1. The molecule has 3 rings (SSSR count). The Kier molecular flexibility index (Phi) is 4.94. The first kappa shape index (κ1) is 16.6. The van der Waals surface area contributed by atoms with Crippen LogP contribution in [0.15, 0.2) is 41.8 Å². The number of nitrogens with zero attached hydrogens (tertiary/aromatic N) is 1. The Morgan fingerprint density at radius 2 is 2.04 bits per heavy atom. The summed E-state index contributed by atoms with van der Waals surface area (Å²) >= 11 is 1.33. The van der Waals surface area contributed by atoms with Crippen molar-refractivity contribution in [1.82, 2.24) is 10.2 Å². The number of carbonyl (C=O) groups excluding carboxylic acids is 2. The maximum absolute atomic E-state index is 13.9. The zero-order valence-electron chi connectivity index (χ0n) is 13.4. The van der Waals surface area contributed by atoms with Gasteiger partial charge in [-0.1, -0.05) is 24.3 Å². The first-order valence-electron chi connectivity index (χ1n) is 7.94. The minimum Gasteiger partial charge on any atom is -0.340 e. The Labute approximate surface area is 144 Å². The average Bonchev–Trinajstić information content (AvgIpc) is 3.26. The van der Waals surface area contributed by atoms with Crippen molar-refractivity contribution in [1.29, 1.82) is 0 Å². The lowest BCUT2D eigenvalue weighted by Crippen LogP contribution is -2.47. The van der Waals surface area contributed by atoms with Crippen LogP contribution in [-0.2, 0) is 11.3 Å². The highest BCUT2D eigenvalue weighted by atomic mass is 32.1. The predicted molar refractivity (Wildman–Crippen MR) is 91.2 cm³/mol. The highest BCUT2D eigenvalue weighted by molar-refractivity contribution is 7.12. The van der Waals surface area contributed by atoms with E-state index >= 15 is 0 Å². The van der Waals surface area contributed by atoms with E-state index in [1.54, 1.807) is 42.2 Å². The van der Waals surface area contributed by atoms with Gasteiger partial charge in [-0.3, -0.25) is 9.59 Å². The molecule has 0 aliphatic heterocycles. The molecular weight excluding hydrogens is 327 g/mol. The van der Waals surface area contributed by atoms with Crippen LogP contribution in [0.25, 0.3) is 0 Å². The van der Waals surface area contributed by atoms with Crippen molar-refractivity contribution >= 4 is 23.2 Å². The van der Waals surface area contributed by atoms with Gasteiger partial charge in [0, 0.05) is 18.2 Å². The second kappa shape index (κ2) is 7.13. The number of amides is 2. The van der Waals surface area contributed by atoms with Crippen molar-refractivity contribution in [3.63, 3.8) is 0 Å². The fraction of sp³-hybridized carbons (Fsp3) is 0.333. The Balaban J connectivity index is 1.68. The normalized spacial score (nSPS) is 14.9. The molecule has 1 aromatic carbocycles. The summed E-state index contributed by atoms with van der Waals surface area (Å²) in [6.45, 7) is 1.90. The monoisotopic (exact) mass is 346 g/mol. The Morgan fingerprint density at radius 1 is 1.29 bits per heavy atom. The number of nitrogens with one attached hydrogen (secondary N) is 1. The van der Waals surface area contributed by atoms with Gasteiger partial charge in [-0.15, -0.1) is 11.3 Å². The van der Waals surface area contributed by atoms with Gasteiger partial charge in [0.25, 0.3) is 5.91 Å². The molecule has 0 saturated heterocycles. The zero-order chi connectivity index (χ0) is 17.1. The molecule has 1 N–H and O–H groups in total. The Morgan fingerprint density at radius 3 is 2.67 bits per heavy atom. The largest absolute Gasteiger partial charge is 0.340 e. The molecule has 4 nitrogen and oxygen atoms in total. The van der Waals surface area contributed by atoms with E-state index in [1.165, 1.54) is 17.4 Å². The van der Waals surface area contributed by atoms with Crippen molar-refractivity contribution < 1.29 is 14.0 Å². The van der Waals surface area contributed by atoms with Crippen LogP contribution in [0, 0.1) is 5.82 Å². The van der Waals surface area contributed by atoms with Crippen LogP contribution in [0.5, 0.6) is 0 Å². The summed E-state index contributed by atoms with van der Waals surface area (Å²) in [5.41, 5.74) is 0.495. The molecule has 0 radical (unpaired) electrons. The molecule has 1 aliphatic carbocycles. The molecule has 1 saturated carbocycles. The zero-order valence-corrected chi connectivity index (χ0v) is 14.2.